The number of nitrogens with one attached hydrogen (secondary N) is 1. The van der Waals surface area contributed by atoms with Gasteiger partial charge in [-0.3, -0.25) is 14.4 Å². The first-order valence-electron chi connectivity index (χ1n) is 8.36. The molecule has 0 unspecified atom stereocenters. The third-order valence-corrected chi connectivity index (χ3v) is 3.36. The van der Waals surface area contributed by atoms with Crippen LogP contribution in [0, 0.1) is 5.92 Å². The zero-order valence-corrected chi connectivity index (χ0v) is 15.3. The maximum absolute atomic E-state index is 12.0. The number of esters is 2. The fraction of sp³-hybridized carbons (Fsp3) is 0.333. The molecule has 142 valence electrons. The molecule has 0 aliphatic heterocycles. The number of aliphatic imine (C=N–C) groups is 1. The number of nitrogens with zero attached hydrogens (tertiary/aromatic N) is 3. The second-order valence-corrected chi connectivity index (χ2v) is 5.37. The van der Waals surface area contributed by atoms with Crippen molar-refractivity contribution in [1.82, 2.24) is 9.97 Å². The molecule has 0 aliphatic rings. The third-order valence-electron chi connectivity index (χ3n) is 3.36. The van der Waals surface area contributed by atoms with Crippen molar-refractivity contribution in [3.05, 3.63) is 24.5 Å². The number of benzene rings is 1. The van der Waals surface area contributed by atoms with Crippen LogP contribution in [0.3, 0.4) is 0 Å². The van der Waals surface area contributed by atoms with Crippen LogP contribution in [0.4, 0.5) is 11.5 Å². The summed E-state index contributed by atoms with van der Waals surface area (Å²) in [5.74, 6) is -2.70. The van der Waals surface area contributed by atoms with E-state index < -0.39 is 17.9 Å². The molecule has 0 aliphatic carbocycles. The molecule has 27 heavy (non-hydrogen) atoms. The number of amides is 1. The Morgan fingerprint density at radius 2 is 1.81 bits per heavy atom. The molecule has 1 aromatic carbocycles. The minimum Gasteiger partial charge on any atom is -0.465 e. The molecule has 1 aromatic heterocycles. The highest BCUT2D eigenvalue weighted by atomic mass is 16.6. The summed E-state index contributed by atoms with van der Waals surface area (Å²) < 4.78 is 9.79. The number of anilines is 1. The summed E-state index contributed by atoms with van der Waals surface area (Å²) in [5, 5.41) is 3.26. The van der Waals surface area contributed by atoms with Crippen LogP contribution in [0.15, 0.2) is 29.5 Å². The van der Waals surface area contributed by atoms with Crippen LogP contribution in [0.2, 0.25) is 0 Å². The largest absolute Gasteiger partial charge is 0.465 e. The van der Waals surface area contributed by atoms with Crippen molar-refractivity contribution in [3.63, 3.8) is 0 Å². The predicted molar refractivity (Wildman–Crippen MR) is 98.7 cm³/mol. The van der Waals surface area contributed by atoms with E-state index in [1.807, 2.05) is 0 Å². The molecule has 0 bridgehead atoms. The Morgan fingerprint density at radius 1 is 1.15 bits per heavy atom. The summed E-state index contributed by atoms with van der Waals surface area (Å²) in [6.07, 6.45) is 2.45. The number of aromatic nitrogens is 2. The third kappa shape index (κ3) is 5.30. The van der Waals surface area contributed by atoms with Crippen molar-refractivity contribution >= 4 is 46.5 Å². The van der Waals surface area contributed by atoms with Crippen LogP contribution < -0.4 is 5.32 Å². The van der Waals surface area contributed by atoms with Gasteiger partial charge >= 0.3 is 11.9 Å². The highest BCUT2D eigenvalue weighted by molar-refractivity contribution is 6.10. The van der Waals surface area contributed by atoms with Crippen LogP contribution in [0.5, 0.6) is 0 Å². The highest BCUT2D eigenvalue weighted by Crippen LogP contribution is 2.24. The van der Waals surface area contributed by atoms with Gasteiger partial charge in [-0.1, -0.05) is 0 Å². The van der Waals surface area contributed by atoms with E-state index >= 15 is 0 Å². The lowest BCUT2D eigenvalue weighted by molar-refractivity contribution is -0.157. The van der Waals surface area contributed by atoms with E-state index in [-0.39, 0.29) is 24.9 Å². The monoisotopic (exact) mass is 372 g/mol. The van der Waals surface area contributed by atoms with Gasteiger partial charge in [0.2, 0.25) is 5.91 Å². The van der Waals surface area contributed by atoms with Gasteiger partial charge in [0.25, 0.3) is 0 Å². The second-order valence-electron chi connectivity index (χ2n) is 5.37. The normalized spacial score (nSPS) is 11.0. The molecule has 9 heteroatoms. The minimum absolute atomic E-state index is 0.130. The number of carbonyl (C=O) groups is 3. The van der Waals surface area contributed by atoms with Gasteiger partial charge in [-0.15, -0.1) is 0 Å². The van der Waals surface area contributed by atoms with Crippen LogP contribution in [0.1, 0.15) is 20.8 Å². The molecule has 0 radical (unpaired) electrons. The van der Waals surface area contributed by atoms with Gasteiger partial charge in [0.15, 0.2) is 11.7 Å². The lowest BCUT2D eigenvalue weighted by Crippen LogP contribution is -2.29. The number of hydrogen-bond donors (Lipinski definition) is 1. The topological polar surface area (TPSA) is 120 Å². The van der Waals surface area contributed by atoms with E-state index in [1.165, 1.54) is 13.3 Å². The maximum atomic E-state index is 12.0. The summed E-state index contributed by atoms with van der Waals surface area (Å²) in [6.45, 7) is 4.95. The molecule has 9 nitrogen and oxygen atoms in total. The Bertz CT molecular complexity index is 863. The summed E-state index contributed by atoms with van der Waals surface area (Å²) in [4.78, 5) is 47.6. The lowest BCUT2D eigenvalue weighted by Gasteiger charge is -2.10. The van der Waals surface area contributed by atoms with Crippen molar-refractivity contribution in [2.24, 2.45) is 10.9 Å². The quantitative estimate of drug-likeness (QED) is 0.448. The Morgan fingerprint density at radius 3 is 2.41 bits per heavy atom. The molecule has 0 saturated carbocycles. The number of fused-ring (bicyclic) bond motifs is 1. The van der Waals surface area contributed by atoms with Gasteiger partial charge in [-0.2, -0.15) is 0 Å². The van der Waals surface area contributed by atoms with Gasteiger partial charge in [-0.25, -0.2) is 15.0 Å². The molecule has 2 rings (SSSR count). The van der Waals surface area contributed by atoms with Gasteiger partial charge in [0.1, 0.15) is 6.33 Å². The van der Waals surface area contributed by atoms with E-state index in [1.54, 1.807) is 32.0 Å². The summed E-state index contributed by atoms with van der Waals surface area (Å²) in [7, 11) is 0. The van der Waals surface area contributed by atoms with E-state index in [0.717, 1.165) is 6.21 Å². The first-order valence-corrected chi connectivity index (χ1v) is 8.36. The Balaban J connectivity index is 2.35. The standard InChI is InChI=1S/C18H20N4O5/c1-4-26-17(24)14(18(25)27-5-2)9-19-16-13-7-6-12(22-11(3)23)8-15(13)20-10-21-16/h6-10,14H,4-5H2,1-3H3,(H,22,23). The maximum Gasteiger partial charge on any atom is 0.325 e. The average Bonchev–Trinajstić information content (AvgIpc) is 2.61. The first-order chi connectivity index (χ1) is 13.0. The van der Waals surface area contributed by atoms with Crippen LogP contribution in [0.25, 0.3) is 10.9 Å². The first kappa shape index (κ1) is 20.0. The van der Waals surface area contributed by atoms with Crippen LogP contribution in [-0.2, 0) is 23.9 Å². The molecule has 0 spiro atoms. The van der Waals surface area contributed by atoms with Crippen LogP contribution in [-0.4, -0.2) is 47.2 Å². The Kier molecular flexibility index (Phi) is 6.93. The van der Waals surface area contributed by atoms with E-state index in [4.69, 9.17) is 9.47 Å². The molecule has 2 aromatic rings. The number of ether oxygens (including phenoxy) is 2. The lowest BCUT2D eigenvalue weighted by atomic mass is 10.1. The minimum atomic E-state index is -1.28. The predicted octanol–water partition coefficient (Wildman–Crippen LogP) is 2.03. The van der Waals surface area contributed by atoms with Crippen LogP contribution >= 0.6 is 0 Å². The van der Waals surface area contributed by atoms with Crippen molar-refractivity contribution in [3.8, 4) is 0 Å². The molecule has 0 saturated heterocycles. The van der Waals surface area contributed by atoms with Gasteiger partial charge in [0, 0.05) is 24.2 Å². The van der Waals surface area contributed by atoms with Crippen molar-refractivity contribution in [2.45, 2.75) is 20.8 Å². The van der Waals surface area contributed by atoms with E-state index in [0.29, 0.717) is 16.6 Å². The Hall–Kier alpha value is -3.36. The fourth-order valence-electron chi connectivity index (χ4n) is 2.25. The molecular weight excluding hydrogens is 352 g/mol. The number of hydrogen-bond acceptors (Lipinski definition) is 8. The molecule has 1 amide bonds. The summed E-state index contributed by atoms with van der Waals surface area (Å²) in [6, 6.07) is 5.04. The van der Waals surface area contributed by atoms with Gasteiger partial charge in [0.05, 0.1) is 18.7 Å². The fourth-order valence-corrected chi connectivity index (χ4v) is 2.25. The Labute approximate surface area is 155 Å². The van der Waals surface area contributed by atoms with E-state index in [9.17, 15) is 14.4 Å². The highest BCUT2D eigenvalue weighted by Gasteiger charge is 2.27. The van der Waals surface area contributed by atoms with Crippen molar-refractivity contribution in [2.75, 3.05) is 18.5 Å². The van der Waals surface area contributed by atoms with Crippen molar-refractivity contribution < 1.29 is 23.9 Å². The molecule has 1 heterocycles. The van der Waals surface area contributed by atoms with E-state index in [2.05, 4.69) is 20.3 Å². The average molecular weight is 372 g/mol. The SMILES string of the molecule is CCOC(=O)C(C=Nc1ncnc2cc(NC(C)=O)ccc12)C(=O)OCC. The summed E-state index contributed by atoms with van der Waals surface area (Å²) in [5.41, 5.74) is 1.13. The smallest absolute Gasteiger partial charge is 0.325 e. The molecule has 0 atom stereocenters. The van der Waals surface area contributed by atoms with Gasteiger partial charge < -0.3 is 14.8 Å². The molecule has 1 N–H and O–H groups in total. The zero-order chi connectivity index (χ0) is 19.8. The molecular formula is C18H20N4O5. The van der Waals surface area contributed by atoms with Gasteiger partial charge in [-0.05, 0) is 32.0 Å². The molecule has 0 fully saturated rings. The zero-order valence-electron chi connectivity index (χ0n) is 15.3. The second kappa shape index (κ2) is 9.37. The number of carbonyl (C=O) groups excluding carboxylic acids is 3. The summed E-state index contributed by atoms with van der Waals surface area (Å²) >= 11 is 0. The number of rotatable bonds is 7. The van der Waals surface area contributed by atoms with Crippen molar-refractivity contribution in [1.29, 1.82) is 0 Å².